The standard InChI is InChI=1S/C11H10F2N4O/c1-5-3-4-7(12)9(8(5)13)15-11(18)10-14-6(2)16-17-10/h3-4H,1-2H3,(H,15,18)(H,14,16,17). The third-order valence-corrected chi connectivity index (χ3v) is 2.32. The van der Waals surface area contributed by atoms with Gasteiger partial charge < -0.3 is 5.32 Å². The lowest BCUT2D eigenvalue weighted by molar-refractivity contribution is 0.101. The molecule has 1 amide bonds. The summed E-state index contributed by atoms with van der Waals surface area (Å²) in [5.41, 5.74) is -0.264. The number of aromatic nitrogens is 3. The number of anilines is 1. The van der Waals surface area contributed by atoms with Crippen LogP contribution in [0.5, 0.6) is 0 Å². The molecule has 5 nitrogen and oxygen atoms in total. The number of carbonyl (C=O) groups excluding carboxylic acids is 1. The van der Waals surface area contributed by atoms with E-state index in [2.05, 4.69) is 20.5 Å². The second-order valence-corrected chi connectivity index (χ2v) is 3.75. The molecule has 0 aliphatic heterocycles. The van der Waals surface area contributed by atoms with Crippen LogP contribution in [0.2, 0.25) is 0 Å². The van der Waals surface area contributed by atoms with E-state index in [0.717, 1.165) is 6.07 Å². The van der Waals surface area contributed by atoms with Gasteiger partial charge in [-0.25, -0.2) is 13.8 Å². The van der Waals surface area contributed by atoms with Crippen LogP contribution >= 0.6 is 0 Å². The highest BCUT2D eigenvalue weighted by molar-refractivity contribution is 6.01. The lowest BCUT2D eigenvalue weighted by Gasteiger charge is -2.07. The predicted octanol–water partition coefficient (Wildman–Crippen LogP) is 1.95. The zero-order valence-electron chi connectivity index (χ0n) is 9.71. The number of aromatic amines is 1. The molecule has 0 saturated carbocycles. The van der Waals surface area contributed by atoms with Crippen LogP contribution in [0.15, 0.2) is 12.1 Å². The average Bonchev–Trinajstić information content (AvgIpc) is 2.76. The topological polar surface area (TPSA) is 70.7 Å². The van der Waals surface area contributed by atoms with E-state index in [1.54, 1.807) is 6.92 Å². The summed E-state index contributed by atoms with van der Waals surface area (Å²) in [7, 11) is 0. The predicted molar refractivity (Wildman–Crippen MR) is 60.2 cm³/mol. The van der Waals surface area contributed by atoms with Crippen molar-refractivity contribution >= 4 is 11.6 Å². The Morgan fingerprint density at radius 2 is 2.06 bits per heavy atom. The maximum Gasteiger partial charge on any atom is 0.295 e. The van der Waals surface area contributed by atoms with Crippen LogP contribution in [0.1, 0.15) is 22.0 Å². The maximum absolute atomic E-state index is 13.6. The van der Waals surface area contributed by atoms with Crippen LogP contribution in [0, 0.1) is 25.5 Å². The Morgan fingerprint density at radius 1 is 1.33 bits per heavy atom. The zero-order chi connectivity index (χ0) is 13.3. The first-order valence-electron chi connectivity index (χ1n) is 5.14. The molecule has 0 fully saturated rings. The highest BCUT2D eigenvalue weighted by Gasteiger charge is 2.17. The summed E-state index contributed by atoms with van der Waals surface area (Å²) in [4.78, 5) is 15.4. The fraction of sp³-hybridized carbons (Fsp3) is 0.182. The van der Waals surface area contributed by atoms with Crippen molar-refractivity contribution in [3.05, 3.63) is 41.0 Å². The van der Waals surface area contributed by atoms with Gasteiger partial charge in [0.1, 0.15) is 17.3 Å². The molecule has 1 heterocycles. The number of halogens is 2. The Bertz CT molecular complexity index is 609. The minimum Gasteiger partial charge on any atom is -0.314 e. The van der Waals surface area contributed by atoms with Crippen LogP contribution in [0.4, 0.5) is 14.5 Å². The summed E-state index contributed by atoms with van der Waals surface area (Å²) in [5.74, 6) is -2.17. The van der Waals surface area contributed by atoms with Crippen molar-refractivity contribution in [1.29, 1.82) is 0 Å². The molecule has 0 aliphatic carbocycles. The second-order valence-electron chi connectivity index (χ2n) is 3.75. The first-order chi connectivity index (χ1) is 8.49. The van der Waals surface area contributed by atoms with Crippen molar-refractivity contribution in [2.24, 2.45) is 0 Å². The van der Waals surface area contributed by atoms with Gasteiger partial charge >= 0.3 is 0 Å². The van der Waals surface area contributed by atoms with E-state index in [1.165, 1.54) is 13.0 Å². The van der Waals surface area contributed by atoms with Crippen molar-refractivity contribution in [1.82, 2.24) is 15.2 Å². The van der Waals surface area contributed by atoms with Crippen molar-refractivity contribution in [3.63, 3.8) is 0 Å². The van der Waals surface area contributed by atoms with Crippen molar-refractivity contribution in [2.75, 3.05) is 5.32 Å². The molecular formula is C11H10F2N4O. The number of benzene rings is 1. The number of carbonyl (C=O) groups is 1. The third kappa shape index (κ3) is 2.20. The number of hydrogen-bond acceptors (Lipinski definition) is 3. The number of H-pyrrole nitrogens is 1. The fourth-order valence-electron chi connectivity index (χ4n) is 1.38. The Hall–Kier alpha value is -2.31. The maximum atomic E-state index is 13.6. The SMILES string of the molecule is Cc1nc(C(=O)Nc2c(F)ccc(C)c2F)n[nH]1. The monoisotopic (exact) mass is 252 g/mol. The Morgan fingerprint density at radius 3 is 2.67 bits per heavy atom. The van der Waals surface area contributed by atoms with E-state index in [4.69, 9.17) is 0 Å². The molecule has 1 aromatic carbocycles. The van der Waals surface area contributed by atoms with E-state index in [1.807, 2.05) is 0 Å². The molecule has 2 rings (SSSR count). The normalized spacial score (nSPS) is 10.4. The van der Waals surface area contributed by atoms with Gasteiger partial charge in [0.15, 0.2) is 5.82 Å². The molecule has 94 valence electrons. The summed E-state index contributed by atoms with van der Waals surface area (Å²) in [5, 5.41) is 8.18. The van der Waals surface area contributed by atoms with Crippen molar-refractivity contribution in [3.8, 4) is 0 Å². The molecule has 0 spiro atoms. The first kappa shape index (κ1) is 12.2. The summed E-state index contributed by atoms with van der Waals surface area (Å²) in [6.45, 7) is 3.08. The third-order valence-electron chi connectivity index (χ3n) is 2.32. The fourth-order valence-corrected chi connectivity index (χ4v) is 1.38. The quantitative estimate of drug-likeness (QED) is 0.858. The number of rotatable bonds is 2. The lowest BCUT2D eigenvalue weighted by Crippen LogP contribution is -2.16. The molecule has 0 saturated heterocycles. The van der Waals surface area contributed by atoms with E-state index in [0.29, 0.717) is 5.82 Å². The van der Waals surface area contributed by atoms with Gasteiger partial charge in [-0.2, -0.15) is 0 Å². The molecule has 18 heavy (non-hydrogen) atoms. The first-order valence-corrected chi connectivity index (χ1v) is 5.14. The van der Waals surface area contributed by atoms with Crippen LogP contribution < -0.4 is 5.32 Å². The molecular weight excluding hydrogens is 242 g/mol. The van der Waals surface area contributed by atoms with Crippen LogP contribution in [0.3, 0.4) is 0 Å². The van der Waals surface area contributed by atoms with Gasteiger partial charge in [0, 0.05) is 0 Å². The molecule has 7 heteroatoms. The summed E-state index contributed by atoms with van der Waals surface area (Å²) in [6, 6.07) is 2.37. The van der Waals surface area contributed by atoms with E-state index < -0.39 is 23.2 Å². The van der Waals surface area contributed by atoms with Gasteiger partial charge in [0.2, 0.25) is 5.82 Å². The molecule has 0 radical (unpaired) electrons. The number of amides is 1. The van der Waals surface area contributed by atoms with Crippen LogP contribution in [-0.4, -0.2) is 21.1 Å². The van der Waals surface area contributed by atoms with Crippen LogP contribution in [-0.2, 0) is 0 Å². The smallest absolute Gasteiger partial charge is 0.295 e. The van der Waals surface area contributed by atoms with Crippen molar-refractivity contribution in [2.45, 2.75) is 13.8 Å². The number of hydrogen-bond donors (Lipinski definition) is 2. The van der Waals surface area contributed by atoms with Gasteiger partial charge in [0.25, 0.3) is 5.91 Å². The Balaban J connectivity index is 2.30. The molecule has 1 aromatic heterocycles. The molecule has 0 aliphatic rings. The minimum absolute atomic E-state index is 0.173. The van der Waals surface area contributed by atoms with E-state index in [-0.39, 0.29) is 11.4 Å². The van der Waals surface area contributed by atoms with Gasteiger partial charge in [-0.3, -0.25) is 9.89 Å². The summed E-state index contributed by atoms with van der Waals surface area (Å²) < 4.78 is 27.0. The summed E-state index contributed by atoms with van der Waals surface area (Å²) in [6.07, 6.45) is 0. The lowest BCUT2D eigenvalue weighted by atomic mass is 10.2. The summed E-state index contributed by atoms with van der Waals surface area (Å²) >= 11 is 0. The van der Waals surface area contributed by atoms with Gasteiger partial charge in [-0.1, -0.05) is 6.07 Å². The molecule has 2 N–H and O–H groups in total. The average molecular weight is 252 g/mol. The Labute approximate surface area is 101 Å². The van der Waals surface area contributed by atoms with Gasteiger partial charge in [-0.15, -0.1) is 5.10 Å². The van der Waals surface area contributed by atoms with Crippen LogP contribution in [0.25, 0.3) is 0 Å². The molecule has 0 atom stereocenters. The molecule has 0 unspecified atom stereocenters. The minimum atomic E-state index is -0.848. The van der Waals surface area contributed by atoms with E-state index in [9.17, 15) is 13.6 Å². The highest BCUT2D eigenvalue weighted by Crippen LogP contribution is 2.21. The van der Waals surface area contributed by atoms with Crippen molar-refractivity contribution < 1.29 is 13.6 Å². The second kappa shape index (κ2) is 4.52. The van der Waals surface area contributed by atoms with Gasteiger partial charge in [0.05, 0.1) is 0 Å². The molecule has 0 bridgehead atoms. The zero-order valence-corrected chi connectivity index (χ0v) is 9.71. The Kier molecular flexibility index (Phi) is 3.05. The number of nitrogens with one attached hydrogen (secondary N) is 2. The van der Waals surface area contributed by atoms with Gasteiger partial charge in [-0.05, 0) is 25.5 Å². The van der Waals surface area contributed by atoms with E-state index >= 15 is 0 Å². The highest BCUT2D eigenvalue weighted by atomic mass is 19.1. The molecule has 2 aromatic rings. The number of nitrogens with zero attached hydrogens (tertiary/aromatic N) is 2. The largest absolute Gasteiger partial charge is 0.314 e. The number of aryl methyl sites for hydroxylation is 2.